The largest absolute Gasteiger partial charge is 0.493 e. The molecule has 5 aliphatic heterocycles. The average Bonchev–Trinajstić information content (AvgIpc) is 1.54. The number of anilines is 2. The zero-order valence-corrected chi connectivity index (χ0v) is 52.1. The number of nitrogens with one attached hydrogen (secondary N) is 2. The van der Waals surface area contributed by atoms with Crippen molar-refractivity contribution in [1.82, 2.24) is 9.80 Å². The normalized spacial score (nSPS) is 21.8. The van der Waals surface area contributed by atoms with E-state index in [2.05, 4.69) is 30.4 Å². The third-order valence-electron chi connectivity index (χ3n) is 15.7. The minimum absolute atomic E-state index is 0.0374. The Bertz CT molecular complexity index is 3120. The molecule has 8 rings (SSSR count). The first-order valence-electron chi connectivity index (χ1n) is 30.1. The van der Waals surface area contributed by atoms with Crippen molar-refractivity contribution in [3.63, 3.8) is 0 Å². The quantitative estimate of drug-likeness (QED) is 0.0226. The number of nitrogens with zero attached hydrogens (tertiary/aromatic N) is 2. The van der Waals surface area contributed by atoms with Gasteiger partial charge in [0, 0.05) is 65.1 Å². The Balaban J connectivity index is 0.958. The highest BCUT2D eigenvalue weighted by Crippen LogP contribution is 2.39. The van der Waals surface area contributed by atoms with Gasteiger partial charge in [-0.2, -0.15) is 0 Å². The van der Waals surface area contributed by atoms with Gasteiger partial charge < -0.3 is 76.1 Å². The molecule has 5 fully saturated rings. The third kappa shape index (κ3) is 17.4. The van der Waals surface area contributed by atoms with Crippen molar-refractivity contribution in [2.45, 2.75) is 135 Å². The lowest BCUT2D eigenvalue weighted by Crippen LogP contribution is -2.57. The molecule has 0 aliphatic carbocycles. The molecule has 4 amide bonds. The van der Waals surface area contributed by atoms with E-state index >= 15 is 0 Å². The van der Waals surface area contributed by atoms with E-state index in [9.17, 15) is 33.6 Å². The van der Waals surface area contributed by atoms with Gasteiger partial charge in [-0.1, -0.05) is 49.9 Å². The number of unbranched alkanes of at least 4 members (excludes halogenated alkanes) is 2. The maximum absolute atomic E-state index is 14.7. The highest BCUT2D eigenvalue weighted by molar-refractivity contribution is 6.05. The summed E-state index contributed by atoms with van der Waals surface area (Å²) in [5, 5.41) is 5.45. The molecular formula is C65H82N4O21. The van der Waals surface area contributed by atoms with Crippen LogP contribution in [0.1, 0.15) is 115 Å². The first-order valence-corrected chi connectivity index (χ1v) is 30.1. The van der Waals surface area contributed by atoms with Crippen LogP contribution in [0.2, 0.25) is 0 Å². The lowest BCUT2D eigenvalue weighted by molar-refractivity contribution is -0.263. The van der Waals surface area contributed by atoms with Crippen molar-refractivity contribution in [1.29, 1.82) is 0 Å². The maximum atomic E-state index is 14.7. The van der Waals surface area contributed by atoms with Crippen molar-refractivity contribution >= 4 is 53.1 Å². The predicted molar refractivity (Wildman–Crippen MR) is 324 cm³/mol. The summed E-state index contributed by atoms with van der Waals surface area (Å²) >= 11 is 0. The van der Waals surface area contributed by atoms with Crippen LogP contribution < -0.4 is 29.6 Å². The van der Waals surface area contributed by atoms with Gasteiger partial charge in [0.25, 0.3) is 11.8 Å². The van der Waals surface area contributed by atoms with Gasteiger partial charge in [0.1, 0.15) is 30.8 Å². The standard InChI is InChI=1S/C65H82N4O21/c1-11-19-85-64(75)66-48-32-54(39(4)29-45(48)59(73)68-34-37(2)27-50(68)61-81-23-24-82-61)79-21-13-12-14-22-80-56-33-49(46(31-55(56)78-10)60(74)69-35-38(3)28-51(69)62-83-25-26-84-62)67-65(76)86-36-44-17-18-53(47(30-44)52(72)16-15-20-77-9)90-63-58(89-43(8)71)57(88-42(7)70)40(5)41(6)87-63/h11,17-18,29-33,40-41,50-51,57-58,61-63H,1-3,12-16,19-28,34-36H2,4-10H3,(H,66,75)(H,67,76)/t40-,41-,50+,51+,57+,58-,63+/m1/s1. The number of Topliss-reactive ketones (excluding diaryl/α,β-unsaturated/α-hetero) is 1. The summed E-state index contributed by atoms with van der Waals surface area (Å²) in [5.41, 5.74) is 3.29. The van der Waals surface area contributed by atoms with Crippen LogP contribution >= 0.6 is 0 Å². The fraction of sp³-hybridized carbons (Fsp3) is 0.523. The van der Waals surface area contributed by atoms with E-state index < -0.39 is 85.2 Å². The van der Waals surface area contributed by atoms with Gasteiger partial charge >= 0.3 is 24.1 Å². The van der Waals surface area contributed by atoms with Gasteiger partial charge in [-0.25, -0.2) is 9.59 Å². The summed E-state index contributed by atoms with van der Waals surface area (Å²) in [5.74, 6) is -1.90. The molecule has 25 nitrogen and oxygen atoms in total. The van der Waals surface area contributed by atoms with E-state index in [0.717, 1.165) is 11.1 Å². The zero-order chi connectivity index (χ0) is 64.6. The Labute approximate surface area is 523 Å². The number of carbonyl (C=O) groups is 7. The average molecular weight is 1260 g/mol. The maximum Gasteiger partial charge on any atom is 0.411 e. The van der Waals surface area contributed by atoms with Gasteiger partial charge in [0.2, 0.25) is 12.4 Å². The number of amides is 4. The fourth-order valence-electron chi connectivity index (χ4n) is 11.2. The van der Waals surface area contributed by atoms with Crippen molar-refractivity contribution in [3.05, 3.63) is 107 Å². The molecule has 5 aliphatic rings. The van der Waals surface area contributed by atoms with Crippen LogP contribution in [-0.4, -0.2) is 181 Å². The summed E-state index contributed by atoms with van der Waals surface area (Å²) < 4.78 is 81.4. The van der Waals surface area contributed by atoms with E-state index in [1.54, 1.807) is 41.8 Å². The van der Waals surface area contributed by atoms with Crippen LogP contribution in [0.3, 0.4) is 0 Å². The molecule has 25 heteroatoms. The molecular weight excluding hydrogens is 1170 g/mol. The fourth-order valence-corrected chi connectivity index (χ4v) is 11.2. The molecule has 0 bridgehead atoms. The summed E-state index contributed by atoms with van der Waals surface area (Å²) in [6, 6.07) is 9.94. The lowest BCUT2D eigenvalue weighted by Gasteiger charge is -2.43. The van der Waals surface area contributed by atoms with Gasteiger partial charge in [0.05, 0.1) is 93.0 Å². The summed E-state index contributed by atoms with van der Waals surface area (Å²) in [6.07, 6.45) is -2.42. The Hall–Kier alpha value is -8.07. The summed E-state index contributed by atoms with van der Waals surface area (Å²) in [7, 11) is 2.95. The van der Waals surface area contributed by atoms with Crippen molar-refractivity contribution in [3.8, 4) is 23.0 Å². The molecule has 3 aromatic carbocycles. The molecule has 0 radical (unpaired) electrons. The molecule has 7 atom stereocenters. The Morgan fingerprint density at radius 2 is 1.20 bits per heavy atom. The highest BCUT2D eigenvalue weighted by atomic mass is 16.7. The van der Waals surface area contributed by atoms with E-state index in [0.29, 0.717) is 95.0 Å². The monoisotopic (exact) mass is 1250 g/mol. The number of ether oxygens (including phenoxy) is 14. The van der Waals surface area contributed by atoms with E-state index in [1.807, 2.05) is 6.92 Å². The van der Waals surface area contributed by atoms with Crippen LogP contribution in [0.15, 0.2) is 79.4 Å². The predicted octanol–water partition coefficient (Wildman–Crippen LogP) is 8.63. The Morgan fingerprint density at radius 1 is 0.644 bits per heavy atom. The van der Waals surface area contributed by atoms with Gasteiger partial charge in [-0.15, -0.1) is 0 Å². The van der Waals surface area contributed by atoms with Crippen molar-refractivity contribution in [2.75, 3.05) is 90.8 Å². The summed E-state index contributed by atoms with van der Waals surface area (Å²) in [6.45, 7) is 22.1. The molecule has 2 N–H and O–H groups in total. The van der Waals surface area contributed by atoms with Gasteiger partial charge in [-0.05, 0) is 87.8 Å². The number of benzene rings is 3. The highest BCUT2D eigenvalue weighted by Gasteiger charge is 2.49. The molecule has 488 valence electrons. The van der Waals surface area contributed by atoms with Crippen molar-refractivity contribution < 1.29 is 99.9 Å². The molecule has 3 aromatic rings. The lowest BCUT2D eigenvalue weighted by atomic mass is 9.91. The summed E-state index contributed by atoms with van der Waals surface area (Å²) in [4.78, 5) is 97.5. The van der Waals surface area contributed by atoms with Crippen LogP contribution in [0, 0.1) is 12.8 Å². The number of likely N-dealkylation sites (tertiary alicyclic amines) is 2. The zero-order valence-electron chi connectivity index (χ0n) is 52.1. The molecule has 0 unspecified atom stereocenters. The molecule has 0 spiro atoms. The third-order valence-corrected chi connectivity index (χ3v) is 15.7. The molecule has 0 saturated carbocycles. The number of esters is 2. The topological polar surface area (TPSA) is 279 Å². The second kappa shape index (κ2) is 32.1. The van der Waals surface area contributed by atoms with Crippen LogP contribution in [0.5, 0.6) is 23.0 Å². The minimum Gasteiger partial charge on any atom is -0.493 e. The van der Waals surface area contributed by atoms with Crippen LogP contribution in [0.25, 0.3) is 0 Å². The molecule has 5 saturated heterocycles. The van der Waals surface area contributed by atoms with Crippen LogP contribution in [0.4, 0.5) is 21.0 Å². The van der Waals surface area contributed by atoms with Gasteiger partial charge in [-0.3, -0.25) is 34.6 Å². The smallest absolute Gasteiger partial charge is 0.411 e. The first kappa shape index (κ1) is 67.9. The second-order valence-electron chi connectivity index (χ2n) is 22.5. The number of methoxy groups -OCH3 is 2. The Morgan fingerprint density at radius 3 is 1.77 bits per heavy atom. The number of carbonyl (C=O) groups excluding carboxylic acids is 7. The second-order valence-corrected chi connectivity index (χ2v) is 22.5. The van der Waals surface area contributed by atoms with Crippen molar-refractivity contribution in [2.24, 2.45) is 5.92 Å². The SMILES string of the molecule is C=CCOC(=O)Nc1cc(OCCCCCOc2cc(NC(=O)OCc3ccc(O[C@@H]4O[C@H](C)[C@@H](C)[C@H](OC(C)=O)[C@H]4OC(C)=O)c(C(=O)CCCOC)c3)c(C(=O)N3CC(=C)C[C@H]3C3OCCO3)cc2OC)c(C)cc1C(=O)N1CC(=C)C[C@H]1C1OCCO1. The van der Waals surface area contributed by atoms with E-state index in [-0.39, 0.29) is 96.4 Å². The minimum atomic E-state index is -1.29. The van der Waals surface area contributed by atoms with E-state index in [4.69, 9.17) is 66.3 Å². The molecule has 5 heterocycles. The van der Waals surface area contributed by atoms with Gasteiger partial charge in [0.15, 0.2) is 29.9 Å². The number of hydrogen-bond donors (Lipinski definition) is 2. The van der Waals surface area contributed by atoms with Crippen LogP contribution in [-0.2, 0) is 63.6 Å². The molecule has 90 heavy (non-hydrogen) atoms. The number of hydrogen-bond acceptors (Lipinski definition) is 21. The van der Waals surface area contributed by atoms with E-state index in [1.165, 1.54) is 58.4 Å². The number of rotatable bonds is 28. The first-order chi connectivity index (χ1) is 43.3. The number of ketones is 1. The molecule has 0 aromatic heterocycles. The number of aryl methyl sites for hydroxylation is 1. The Kier molecular flexibility index (Phi) is 24.2.